The molecular weight excluding hydrogens is 372 g/mol. The fourth-order valence-corrected chi connectivity index (χ4v) is 3.69. The molecular formula is C22H32N2O5. The summed E-state index contributed by atoms with van der Waals surface area (Å²) in [4.78, 5) is 38.1. The van der Waals surface area contributed by atoms with Crippen molar-refractivity contribution in [3.8, 4) is 0 Å². The van der Waals surface area contributed by atoms with E-state index in [1.165, 1.54) is 6.92 Å². The van der Waals surface area contributed by atoms with Gasteiger partial charge in [-0.1, -0.05) is 31.4 Å². The number of rotatable bonds is 7. The highest BCUT2D eigenvalue weighted by molar-refractivity contribution is 5.96. The van der Waals surface area contributed by atoms with E-state index in [1.54, 1.807) is 12.1 Å². The molecule has 0 aliphatic heterocycles. The van der Waals surface area contributed by atoms with Crippen LogP contribution in [0.4, 0.5) is 5.69 Å². The molecule has 7 nitrogen and oxygen atoms in total. The molecule has 1 aromatic rings. The maximum Gasteiger partial charge on any atom is 0.340 e. The number of carbonyl (C=O) groups is 3. The molecule has 1 atom stereocenters. The van der Waals surface area contributed by atoms with Crippen molar-refractivity contribution in [3.05, 3.63) is 29.8 Å². The third kappa shape index (κ3) is 6.76. The van der Waals surface area contributed by atoms with Gasteiger partial charge in [-0.05, 0) is 45.7 Å². The third-order valence-electron chi connectivity index (χ3n) is 4.90. The Morgan fingerprint density at radius 3 is 2.34 bits per heavy atom. The first-order valence-electron chi connectivity index (χ1n) is 10.2. The highest BCUT2D eigenvalue weighted by Crippen LogP contribution is 2.31. The lowest BCUT2D eigenvalue weighted by Gasteiger charge is -2.38. The van der Waals surface area contributed by atoms with E-state index in [-0.39, 0.29) is 12.6 Å². The van der Waals surface area contributed by atoms with Gasteiger partial charge in [0.05, 0.1) is 11.3 Å². The van der Waals surface area contributed by atoms with Crippen LogP contribution in [-0.4, -0.2) is 47.2 Å². The van der Waals surface area contributed by atoms with Gasteiger partial charge in [-0.3, -0.25) is 4.79 Å². The van der Waals surface area contributed by atoms with Crippen molar-refractivity contribution in [2.45, 2.75) is 77.5 Å². The molecule has 1 saturated carbocycles. The van der Waals surface area contributed by atoms with Crippen LogP contribution >= 0.6 is 0 Å². The maximum atomic E-state index is 12.8. The average molecular weight is 405 g/mol. The Hall–Kier alpha value is -2.57. The predicted molar refractivity (Wildman–Crippen MR) is 111 cm³/mol. The Morgan fingerprint density at radius 2 is 1.79 bits per heavy atom. The Morgan fingerprint density at radius 1 is 1.17 bits per heavy atom. The van der Waals surface area contributed by atoms with Gasteiger partial charge in [-0.2, -0.15) is 0 Å². The second kappa shape index (κ2) is 9.76. The van der Waals surface area contributed by atoms with E-state index >= 15 is 0 Å². The topological polar surface area (TPSA) is 95.9 Å². The number of esters is 1. The SMILES string of the molecule is CC(=O)NC(CN(c1ccccc1C(=O)OC(C)(C)C)C1CCCCC1)C(=O)O. The van der Waals surface area contributed by atoms with Crippen molar-refractivity contribution >= 4 is 23.5 Å². The van der Waals surface area contributed by atoms with Crippen molar-refractivity contribution in [2.75, 3.05) is 11.4 Å². The van der Waals surface area contributed by atoms with Crippen molar-refractivity contribution in [1.29, 1.82) is 0 Å². The van der Waals surface area contributed by atoms with Crippen LogP contribution in [0.1, 0.15) is 70.2 Å². The minimum absolute atomic E-state index is 0.0827. The van der Waals surface area contributed by atoms with E-state index < -0.39 is 29.5 Å². The maximum absolute atomic E-state index is 12.8. The highest BCUT2D eigenvalue weighted by atomic mass is 16.6. The molecule has 7 heteroatoms. The first-order valence-corrected chi connectivity index (χ1v) is 10.2. The molecule has 0 saturated heterocycles. The molecule has 160 valence electrons. The predicted octanol–water partition coefficient (Wildman–Crippen LogP) is 3.37. The molecule has 0 radical (unpaired) electrons. The van der Waals surface area contributed by atoms with Crippen molar-refractivity contribution in [1.82, 2.24) is 5.32 Å². The van der Waals surface area contributed by atoms with Gasteiger partial charge in [0.1, 0.15) is 11.6 Å². The highest BCUT2D eigenvalue weighted by Gasteiger charge is 2.31. The van der Waals surface area contributed by atoms with E-state index in [9.17, 15) is 19.5 Å². The summed E-state index contributed by atoms with van der Waals surface area (Å²) in [6.07, 6.45) is 5.07. The first kappa shape index (κ1) is 22.7. The van der Waals surface area contributed by atoms with Gasteiger partial charge in [0.15, 0.2) is 0 Å². The molecule has 1 amide bonds. The number of nitrogens with zero attached hydrogens (tertiary/aromatic N) is 1. The lowest BCUT2D eigenvalue weighted by molar-refractivity contribution is -0.141. The molecule has 0 aromatic heterocycles. The van der Waals surface area contributed by atoms with Gasteiger partial charge in [-0.15, -0.1) is 0 Å². The van der Waals surface area contributed by atoms with Crippen LogP contribution in [0.25, 0.3) is 0 Å². The van der Waals surface area contributed by atoms with Crippen LogP contribution < -0.4 is 10.2 Å². The zero-order valence-electron chi connectivity index (χ0n) is 17.7. The van der Waals surface area contributed by atoms with Gasteiger partial charge in [-0.25, -0.2) is 9.59 Å². The Kier molecular flexibility index (Phi) is 7.65. The number of nitrogens with one attached hydrogen (secondary N) is 1. The fraction of sp³-hybridized carbons (Fsp3) is 0.591. The van der Waals surface area contributed by atoms with Crippen molar-refractivity contribution in [2.24, 2.45) is 0 Å². The molecule has 0 spiro atoms. The minimum Gasteiger partial charge on any atom is -0.480 e. The number of amides is 1. The summed E-state index contributed by atoms with van der Waals surface area (Å²) in [6.45, 7) is 6.81. The summed E-state index contributed by atoms with van der Waals surface area (Å²) in [7, 11) is 0. The van der Waals surface area contributed by atoms with E-state index in [0.717, 1.165) is 32.1 Å². The summed E-state index contributed by atoms with van der Waals surface area (Å²) in [5.41, 5.74) is 0.407. The van der Waals surface area contributed by atoms with Crippen LogP contribution in [0.2, 0.25) is 0 Å². The van der Waals surface area contributed by atoms with E-state index in [2.05, 4.69) is 5.32 Å². The monoisotopic (exact) mass is 404 g/mol. The van der Waals surface area contributed by atoms with Crippen LogP contribution in [0, 0.1) is 0 Å². The molecule has 1 fully saturated rings. The van der Waals surface area contributed by atoms with Crippen LogP contribution in [0.15, 0.2) is 24.3 Å². The van der Waals surface area contributed by atoms with E-state index in [4.69, 9.17) is 4.74 Å². The summed E-state index contributed by atoms with van der Waals surface area (Å²) in [6, 6.07) is 6.15. The summed E-state index contributed by atoms with van der Waals surface area (Å²) in [5.74, 6) is -1.95. The minimum atomic E-state index is -1.10. The number of aliphatic carboxylic acids is 1. The Bertz CT molecular complexity index is 735. The van der Waals surface area contributed by atoms with Gasteiger partial charge in [0.2, 0.25) is 5.91 Å². The van der Waals surface area contributed by atoms with Gasteiger partial charge < -0.3 is 20.1 Å². The number of ether oxygens (including phenoxy) is 1. The number of para-hydroxylation sites is 1. The first-order chi connectivity index (χ1) is 13.6. The standard InChI is InChI=1S/C22H32N2O5/c1-15(25)23-18(20(26)27)14-24(16-10-6-5-7-11-16)19-13-9-8-12-17(19)21(28)29-22(2,3)4/h8-9,12-13,16,18H,5-7,10-11,14H2,1-4H3,(H,23,25)(H,26,27). The number of hydrogen-bond donors (Lipinski definition) is 2. The second-order valence-electron chi connectivity index (χ2n) is 8.55. The second-order valence-corrected chi connectivity index (χ2v) is 8.55. The smallest absolute Gasteiger partial charge is 0.340 e. The quantitative estimate of drug-likeness (QED) is 0.677. The van der Waals surface area contributed by atoms with Crippen molar-refractivity contribution in [3.63, 3.8) is 0 Å². The molecule has 1 aliphatic rings. The van der Waals surface area contributed by atoms with E-state index in [1.807, 2.05) is 37.8 Å². The zero-order valence-corrected chi connectivity index (χ0v) is 17.7. The normalized spacial score (nSPS) is 16.0. The molecule has 1 aromatic carbocycles. The number of benzene rings is 1. The van der Waals surface area contributed by atoms with Gasteiger partial charge >= 0.3 is 11.9 Å². The average Bonchev–Trinajstić information content (AvgIpc) is 2.64. The number of carbonyl (C=O) groups excluding carboxylic acids is 2. The zero-order chi connectivity index (χ0) is 21.6. The summed E-state index contributed by atoms with van der Waals surface area (Å²) < 4.78 is 5.57. The van der Waals surface area contributed by atoms with E-state index in [0.29, 0.717) is 11.3 Å². The lowest BCUT2D eigenvalue weighted by Crippen LogP contribution is -2.51. The molecule has 0 bridgehead atoms. The summed E-state index contributed by atoms with van der Waals surface area (Å²) >= 11 is 0. The summed E-state index contributed by atoms with van der Waals surface area (Å²) in [5, 5.41) is 12.1. The molecule has 1 aliphatic carbocycles. The fourth-order valence-electron chi connectivity index (χ4n) is 3.69. The molecule has 0 heterocycles. The molecule has 2 N–H and O–H groups in total. The molecule has 1 unspecified atom stereocenters. The number of carboxylic acids is 1. The van der Waals surface area contributed by atoms with Crippen LogP contribution in [0.3, 0.4) is 0 Å². The van der Waals surface area contributed by atoms with Gasteiger partial charge in [0.25, 0.3) is 0 Å². The Labute approximate surface area is 172 Å². The largest absolute Gasteiger partial charge is 0.480 e. The molecule has 2 rings (SSSR count). The number of hydrogen-bond acceptors (Lipinski definition) is 5. The van der Waals surface area contributed by atoms with Crippen LogP contribution in [-0.2, 0) is 14.3 Å². The van der Waals surface area contributed by atoms with Gasteiger partial charge in [0, 0.05) is 19.5 Å². The number of carboxylic acid groups (broad SMARTS) is 1. The third-order valence-corrected chi connectivity index (χ3v) is 4.90. The molecule has 29 heavy (non-hydrogen) atoms. The number of anilines is 1. The van der Waals surface area contributed by atoms with Crippen LogP contribution in [0.5, 0.6) is 0 Å². The van der Waals surface area contributed by atoms with Crippen molar-refractivity contribution < 1.29 is 24.2 Å². The Balaban J connectivity index is 2.42. The lowest BCUT2D eigenvalue weighted by atomic mass is 9.92.